The van der Waals surface area contributed by atoms with Crippen LogP contribution in [0.1, 0.15) is 23.8 Å². The summed E-state index contributed by atoms with van der Waals surface area (Å²) in [5.74, 6) is 1.36. The van der Waals surface area contributed by atoms with Gasteiger partial charge in [-0.05, 0) is 20.4 Å². The van der Waals surface area contributed by atoms with E-state index in [1.165, 1.54) is 6.39 Å². The van der Waals surface area contributed by atoms with E-state index in [0.29, 0.717) is 5.92 Å². The molecule has 2 heterocycles. The van der Waals surface area contributed by atoms with Gasteiger partial charge in [-0.25, -0.2) is 4.98 Å². The summed E-state index contributed by atoms with van der Waals surface area (Å²) < 4.78 is 5.22. The number of aryl methyl sites for hydroxylation is 1. The fourth-order valence-corrected chi connectivity index (χ4v) is 2.27. The molecule has 2 unspecified atom stereocenters. The zero-order valence-electron chi connectivity index (χ0n) is 8.73. The Balaban J connectivity index is 2.15. The second kappa shape index (κ2) is 3.71. The Morgan fingerprint density at radius 1 is 1.57 bits per heavy atom. The summed E-state index contributed by atoms with van der Waals surface area (Å²) in [5.41, 5.74) is 7.05. The molecular weight excluding hydrogens is 178 g/mol. The number of rotatable bonds is 1. The minimum Gasteiger partial charge on any atom is -0.449 e. The summed E-state index contributed by atoms with van der Waals surface area (Å²) in [6.07, 6.45) is 2.53. The van der Waals surface area contributed by atoms with E-state index in [-0.39, 0.29) is 6.04 Å². The zero-order chi connectivity index (χ0) is 10.1. The van der Waals surface area contributed by atoms with Crippen LogP contribution in [0.25, 0.3) is 0 Å². The van der Waals surface area contributed by atoms with Crippen molar-refractivity contribution < 1.29 is 4.42 Å². The molecular formula is C10H17N3O. The lowest BCUT2D eigenvalue weighted by Crippen LogP contribution is -2.44. The number of aromatic nitrogens is 1. The summed E-state index contributed by atoms with van der Waals surface area (Å²) in [4.78, 5) is 6.52. The minimum absolute atomic E-state index is 0.259. The Hall–Kier alpha value is -0.870. The van der Waals surface area contributed by atoms with Crippen LogP contribution in [0.5, 0.6) is 0 Å². The third kappa shape index (κ3) is 1.81. The van der Waals surface area contributed by atoms with E-state index < -0.39 is 0 Å². The molecule has 0 spiro atoms. The van der Waals surface area contributed by atoms with E-state index in [2.05, 4.69) is 16.9 Å². The van der Waals surface area contributed by atoms with Crippen LogP contribution in [-0.2, 0) is 0 Å². The predicted octanol–water partition coefficient (Wildman–Crippen LogP) is 0.729. The first-order valence-corrected chi connectivity index (χ1v) is 5.01. The number of hydrogen-bond donors (Lipinski definition) is 1. The molecule has 0 saturated carbocycles. The van der Waals surface area contributed by atoms with Crippen molar-refractivity contribution in [2.75, 3.05) is 20.1 Å². The van der Waals surface area contributed by atoms with Gasteiger partial charge in [-0.1, -0.05) is 0 Å². The molecule has 4 nitrogen and oxygen atoms in total. The SMILES string of the molecule is Cc1ocnc1C1CC(N)CN(C)C1. The van der Waals surface area contributed by atoms with Crippen molar-refractivity contribution in [2.24, 2.45) is 5.73 Å². The lowest BCUT2D eigenvalue weighted by molar-refractivity contribution is 0.224. The standard InChI is InChI=1S/C10H17N3O/c1-7-10(12-6-14-7)8-3-9(11)5-13(2)4-8/h6,8-9H,3-5,11H2,1-2H3. The Morgan fingerprint density at radius 2 is 2.36 bits per heavy atom. The van der Waals surface area contributed by atoms with Crippen molar-refractivity contribution in [3.05, 3.63) is 17.8 Å². The number of likely N-dealkylation sites (N-methyl/N-ethyl adjacent to an activating group) is 1. The maximum absolute atomic E-state index is 5.97. The smallest absolute Gasteiger partial charge is 0.181 e. The molecule has 1 saturated heterocycles. The highest BCUT2D eigenvalue weighted by Crippen LogP contribution is 2.26. The molecule has 2 rings (SSSR count). The van der Waals surface area contributed by atoms with Gasteiger partial charge in [-0.3, -0.25) is 0 Å². The molecule has 1 aromatic heterocycles. The largest absolute Gasteiger partial charge is 0.449 e. The maximum Gasteiger partial charge on any atom is 0.181 e. The summed E-state index contributed by atoms with van der Waals surface area (Å²) in [5, 5.41) is 0. The fraction of sp³-hybridized carbons (Fsp3) is 0.700. The van der Waals surface area contributed by atoms with E-state index >= 15 is 0 Å². The van der Waals surface area contributed by atoms with Gasteiger partial charge in [0.15, 0.2) is 6.39 Å². The molecule has 0 aromatic carbocycles. The molecule has 2 N–H and O–H groups in total. The van der Waals surface area contributed by atoms with Crippen molar-refractivity contribution in [1.29, 1.82) is 0 Å². The molecule has 0 radical (unpaired) electrons. The number of nitrogens with zero attached hydrogens (tertiary/aromatic N) is 2. The highest BCUT2D eigenvalue weighted by Gasteiger charge is 2.26. The first kappa shape index (κ1) is 9.68. The van der Waals surface area contributed by atoms with Crippen molar-refractivity contribution in [3.63, 3.8) is 0 Å². The van der Waals surface area contributed by atoms with Crippen LogP contribution in [-0.4, -0.2) is 36.1 Å². The van der Waals surface area contributed by atoms with Gasteiger partial charge < -0.3 is 15.1 Å². The molecule has 2 atom stereocenters. The van der Waals surface area contributed by atoms with Gasteiger partial charge in [0.2, 0.25) is 0 Å². The molecule has 1 fully saturated rings. The minimum atomic E-state index is 0.259. The van der Waals surface area contributed by atoms with Crippen LogP contribution >= 0.6 is 0 Å². The van der Waals surface area contributed by atoms with Crippen LogP contribution in [0.3, 0.4) is 0 Å². The van der Waals surface area contributed by atoms with Crippen LogP contribution in [0.15, 0.2) is 10.8 Å². The van der Waals surface area contributed by atoms with Gasteiger partial charge in [0.05, 0.1) is 5.69 Å². The first-order chi connectivity index (χ1) is 6.66. The molecule has 78 valence electrons. The molecule has 0 amide bonds. The van der Waals surface area contributed by atoms with Gasteiger partial charge in [0.1, 0.15) is 5.76 Å². The maximum atomic E-state index is 5.97. The summed E-state index contributed by atoms with van der Waals surface area (Å²) >= 11 is 0. The van der Waals surface area contributed by atoms with E-state index in [0.717, 1.165) is 31.0 Å². The molecule has 14 heavy (non-hydrogen) atoms. The summed E-state index contributed by atoms with van der Waals surface area (Å²) in [6, 6.07) is 0.259. The summed E-state index contributed by atoms with van der Waals surface area (Å²) in [7, 11) is 2.10. The van der Waals surface area contributed by atoms with Gasteiger partial charge >= 0.3 is 0 Å². The third-order valence-electron chi connectivity index (χ3n) is 2.83. The van der Waals surface area contributed by atoms with E-state index in [1.807, 2.05) is 6.92 Å². The van der Waals surface area contributed by atoms with E-state index in [1.54, 1.807) is 0 Å². The topological polar surface area (TPSA) is 55.3 Å². The van der Waals surface area contributed by atoms with Gasteiger partial charge in [0, 0.05) is 25.0 Å². The van der Waals surface area contributed by atoms with Crippen LogP contribution in [0.2, 0.25) is 0 Å². The quantitative estimate of drug-likeness (QED) is 0.717. The zero-order valence-corrected chi connectivity index (χ0v) is 8.73. The van der Waals surface area contributed by atoms with Crippen LogP contribution in [0, 0.1) is 6.92 Å². The van der Waals surface area contributed by atoms with Gasteiger partial charge in [0.25, 0.3) is 0 Å². The fourth-order valence-electron chi connectivity index (χ4n) is 2.27. The van der Waals surface area contributed by atoms with Crippen LogP contribution in [0.4, 0.5) is 0 Å². The predicted molar refractivity (Wildman–Crippen MR) is 54.1 cm³/mol. The van der Waals surface area contributed by atoms with Gasteiger partial charge in [-0.15, -0.1) is 0 Å². The highest BCUT2D eigenvalue weighted by atomic mass is 16.3. The second-order valence-corrected chi connectivity index (χ2v) is 4.21. The Kier molecular flexibility index (Phi) is 2.56. The Morgan fingerprint density at radius 3 is 2.93 bits per heavy atom. The molecule has 1 aliphatic heterocycles. The molecule has 0 aliphatic carbocycles. The number of nitrogens with two attached hydrogens (primary N) is 1. The average molecular weight is 195 g/mol. The van der Waals surface area contributed by atoms with Gasteiger partial charge in [-0.2, -0.15) is 0 Å². The van der Waals surface area contributed by atoms with Crippen molar-refractivity contribution in [2.45, 2.75) is 25.3 Å². The molecule has 1 aromatic rings. The van der Waals surface area contributed by atoms with Crippen molar-refractivity contribution in [1.82, 2.24) is 9.88 Å². The number of likely N-dealkylation sites (tertiary alicyclic amines) is 1. The first-order valence-electron chi connectivity index (χ1n) is 5.01. The molecule has 0 bridgehead atoms. The third-order valence-corrected chi connectivity index (χ3v) is 2.83. The average Bonchev–Trinajstić information content (AvgIpc) is 2.49. The monoisotopic (exact) mass is 195 g/mol. The number of oxazole rings is 1. The normalized spacial score (nSPS) is 29.4. The van der Waals surface area contributed by atoms with Crippen LogP contribution < -0.4 is 5.73 Å². The second-order valence-electron chi connectivity index (χ2n) is 4.21. The van der Waals surface area contributed by atoms with Crippen molar-refractivity contribution >= 4 is 0 Å². The lowest BCUT2D eigenvalue weighted by Gasteiger charge is -2.33. The molecule has 1 aliphatic rings. The summed E-state index contributed by atoms with van der Waals surface area (Å²) in [6.45, 7) is 3.97. The van der Waals surface area contributed by atoms with E-state index in [4.69, 9.17) is 10.2 Å². The molecule has 4 heteroatoms. The number of hydrogen-bond acceptors (Lipinski definition) is 4. The number of piperidine rings is 1. The highest BCUT2D eigenvalue weighted by molar-refractivity contribution is 5.13. The van der Waals surface area contributed by atoms with Crippen molar-refractivity contribution in [3.8, 4) is 0 Å². The van der Waals surface area contributed by atoms with E-state index in [9.17, 15) is 0 Å². The Labute approximate surface area is 84.1 Å². The lowest BCUT2D eigenvalue weighted by atomic mass is 9.91. The Bertz CT molecular complexity index is 300.